The van der Waals surface area contributed by atoms with Gasteiger partial charge in [0.2, 0.25) is 10.0 Å². The van der Waals surface area contributed by atoms with Crippen molar-refractivity contribution < 1.29 is 17.9 Å². The summed E-state index contributed by atoms with van der Waals surface area (Å²) >= 11 is 0. The molecule has 1 aromatic rings. The average Bonchev–Trinajstić information content (AvgIpc) is 3.59. The van der Waals surface area contributed by atoms with Crippen molar-refractivity contribution in [2.45, 2.75) is 74.9 Å². The van der Waals surface area contributed by atoms with Crippen LogP contribution in [0.1, 0.15) is 62.2 Å². The van der Waals surface area contributed by atoms with Crippen LogP contribution in [0.3, 0.4) is 0 Å². The van der Waals surface area contributed by atoms with Crippen LogP contribution in [-0.4, -0.2) is 68.4 Å². The maximum Gasteiger partial charge on any atom is 0.251 e. The molecule has 2 aliphatic heterocycles. The quantitative estimate of drug-likeness (QED) is 0.743. The van der Waals surface area contributed by atoms with Crippen molar-refractivity contribution in [1.29, 1.82) is 0 Å². The van der Waals surface area contributed by atoms with Gasteiger partial charge in [0.1, 0.15) is 10.6 Å². The van der Waals surface area contributed by atoms with Gasteiger partial charge in [0.15, 0.2) is 0 Å². The van der Waals surface area contributed by atoms with Gasteiger partial charge in [-0.3, -0.25) is 4.79 Å². The number of carbonyl (C=O) groups excluding carboxylic acids is 1. The van der Waals surface area contributed by atoms with Crippen LogP contribution in [0.25, 0.3) is 0 Å². The van der Waals surface area contributed by atoms with Gasteiger partial charge in [-0.05, 0) is 63.6 Å². The van der Waals surface area contributed by atoms with Gasteiger partial charge in [0.25, 0.3) is 5.91 Å². The van der Waals surface area contributed by atoms with E-state index in [1.807, 2.05) is 6.92 Å². The highest BCUT2D eigenvalue weighted by Gasteiger charge is 2.34. The lowest BCUT2D eigenvalue weighted by Crippen LogP contribution is -2.45. The molecule has 0 aromatic heterocycles. The van der Waals surface area contributed by atoms with E-state index in [1.165, 1.54) is 26.0 Å². The highest BCUT2D eigenvalue weighted by molar-refractivity contribution is 7.89. The van der Waals surface area contributed by atoms with Crippen LogP contribution >= 0.6 is 0 Å². The summed E-state index contributed by atoms with van der Waals surface area (Å²) in [5.41, 5.74) is 0.365. The molecule has 3 aliphatic rings. The fraction of sp³-hybridized carbons (Fsp3) is 0.682. The molecular formula is C22H33N3O4S. The van der Waals surface area contributed by atoms with E-state index in [0.717, 1.165) is 51.2 Å². The van der Waals surface area contributed by atoms with E-state index in [4.69, 9.17) is 4.74 Å². The third-order valence-electron chi connectivity index (χ3n) is 6.68. The Kier molecular flexibility index (Phi) is 6.36. The van der Waals surface area contributed by atoms with E-state index >= 15 is 0 Å². The maximum atomic E-state index is 13.4. The van der Waals surface area contributed by atoms with Crippen LogP contribution in [0.15, 0.2) is 23.1 Å². The number of sulfonamides is 1. The van der Waals surface area contributed by atoms with Gasteiger partial charge in [0, 0.05) is 43.3 Å². The number of benzene rings is 1. The molecule has 0 radical (unpaired) electrons. The zero-order valence-corrected chi connectivity index (χ0v) is 18.8. The molecule has 1 aliphatic carbocycles. The zero-order valence-electron chi connectivity index (χ0n) is 18.0. The molecule has 1 aromatic carbocycles. The van der Waals surface area contributed by atoms with Crippen LogP contribution < -0.4 is 10.1 Å². The minimum Gasteiger partial charge on any atom is -0.495 e. The van der Waals surface area contributed by atoms with Crippen molar-refractivity contribution in [2.75, 3.05) is 26.7 Å². The van der Waals surface area contributed by atoms with E-state index < -0.39 is 10.0 Å². The summed E-state index contributed by atoms with van der Waals surface area (Å²) in [6.45, 7) is 4.48. The Bertz CT molecular complexity index is 876. The van der Waals surface area contributed by atoms with E-state index in [9.17, 15) is 13.2 Å². The predicted molar refractivity (Wildman–Crippen MR) is 115 cm³/mol. The molecule has 1 atom stereocenters. The summed E-state index contributed by atoms with van der Waals surface area (Å²) in [6, 6.07) is 5.55. The van der Waals surface area contributed by atoms with Gasteiger partial charge >= 0.3 is 0 Å². The van der Waals surface area contributed by atoms with Gasteiger partial charge < -0.3 is 15.0 Å². The van der Waals surface area contributed by atoms with Gasteiger partial charge in [-0.1, -0.05) is 6.42 Å². The van der Waals surface area contributed by atoms with Gasteiger partial charge in [-0.15, -0.1) is 0 Å². The van der Waals surface area contributed by atoms with Gasteiger partial charge in [-0.25, -0.2) is 8.42 Å². The molecule has 0 bridgehead atoms. The first-order valence-electron chi connectivity index (χ1n) is 11.1. The predicted octanol–water partition coefficient (Wildman–Crippen LogP) is 2.61. The summed E-state index contributed by atoms with van der Waals surface area (Å²) in [6.07, 6.45) is 7.22. The third-order valence-corrected chi connectivity index (χ3v) is 8.72. The first-order valence-corrected chi connectivity index (χ1v) is 12.6. The largest absolute Gasteiger partial charge is 0.495 e. The topological polar surface area (TPSA) is 79.0 Å². The van der Waals surface area contributed by atoms with Crippen molar-refractivity contribution in [3.8, 4) is 5.75 Å². The lowest BCUT2D eigenvalue weighted by molar-refractivity contribution is 0.0909. The smallest absolute Gasteiger partial charge is 0.251 e. The second-order valence-corrected chi connectivity index (χ2v) is 10.7. The summed E-state index contributed by atoms with van der Waals surface area (Å²) < 4.78 is 33.6. The molecular weight excluding hydrogens is 402 g/mol. The molecule has 8 heteroatoms. The normalized spacial score (nSPS) is 24.5. The third kappa shape index (κ3) is 4.50. The van der Waals surface area contributed by atoms with E-state index in [1.54, 1.807) is 16.4 Å². The molecule has 1 unspecified atom stereocenters. The van der Waals surface area contributed by atoms with E-state index in [0.29, 0.717) is 12.1 Å². The lowest BCUT2D eigenvalue weighted by Gasteiger charge is -2.33. The molecule has 1 saturated carbocycles. The molecule has 2 heterocycles. The van der Waals surface area contributed by atoms with E-state index in [2.05, 4.69) is 10.2 Å². The van der Waals surface area contributed by atoms with Crippen molar-refractivity contribution in [3.05, 3.63) is 23.8 Å². The Labute approximate surface area is 179 Å². The molecule has 2 saturated heterocycles. The Balaban J connectivity index is 1.49. The monoisotopic (exact) mass is 435 g/mol. The number of carbonyl (C=O) groups is 1. The molecule has 1 N–H and O–H groups in total. The Morgan fingerprint density at radius 3 is 2.43 bits per heavy atom. The Morgan fingerprint density at radius 2 is 1.80 bits per heavy atom. The number of methoxy groups -OCH3 is 1. The van der Waals surface area contributed by atoms with Gasteiger partial charge in [-0.2, -0.15) is 4.31 Å². The second-order valence-electron chi connectivity index (χ2n) is 8.84. The zero-order chi connectivity index (χ0) is 21.3. The van der Waals surface area contributed by atoms with Crippen LogP contribution in [0.4, 0.5) is 0 Å². The molecule has 0 spiro atoms. The number of piperidine rings is 2. The number of hydrogen-bond donors (Lipinski definition) is 1. The average molecular weight is 436 g/mol. The highest BCUT2D eigenvalue weighted by atomic mass is 32.2. The van der Waals surface area contributed by atoms with Crippen LogP contribution in [0.2, 0.25) is 0 Å². The van der Waals surface area contributed by atoms with Crippen LogP contribution in [0, 0.1) is 0 Å². The number of nitrogens with zero attached hydrogens (tertiary/aromatic N) is 2. The van der Waals surface area contributed by atoms with Crippen molar-refractivity contribution in [3.63, 3.8) is 0 Å². The minimum absolute atomic E-state index is 0.0532. The second kappa shape index (κ2) is 8.85. The van der Waals surface area contributed by atoms with Crippen LogP contribution in [0.5, 0.6) is 5.75 Å². The Morgan fingerprint density at radius 1 is 1.07 bits per heavy atom. The number of amides is 1. The fourth-order valence-electron chi connectivity index (χ4n) is 4.69. The number of ether oxygens (including phenoxy) is 1. The van der Waals surface area contributed by atoms with Crippen LogP contribution in [-0.2, 0) is 10.0 Å². The van der Waals surface area contributed by atoms with Crippen molar-refractivity contribution >= 4 is 15.9 Å². The Hall–Kier alpha value is -1.64. The number of likely N-dealkylation sites (tertiary alicyclic amines) is 1. The molecule has 3 fully saturated rings. The fourth-order valence-corrected chi connectivity index (χ4v) is 6.57. The molecule has 166 valence electrons. The lowest BCUT2D eigenvalue weighted by atomic mass is 10.0. The standard InChI is InChI=1S/C22H33N3O4S/c1-16-5-3-4-12-25(16)30(27,28)21-15-17(6-9-20(21)29-2)22(26)23-18-10-13-24(14-11-18)19-7-8-19/h6,9,15-16,18-19H,3-5,7-8,10-14H2,1-2H3,(H,23,26). The summed E-state index contributed by atoms with van der Waals surface area (Å²) in [5, 5.41) is 3.10. The first-order chi connectivity index (χ1) is 14.4. The first kappa shape index (κ1) is 21.6. The van der Waals surface area contributed by atoms with Gasteiger partial charge in [0.05, 0.1) is 7.11 Å². The molecule has 30 heavy (non-hydrogen) atoms. The number of hydrogen-bond acceptors (Lipinski definition) is 5. The SMILES string of the molecule is COc1ccc(C(=O)NC2CCN(C3CC3)CC2)cc1S(=O)(=O)N1CCCCC1C. The molecule has 7 nitrogen and oxygen atoms in total. The maximum absolute atomic E-state index is 13.4. The van der Waals surface area contributed by atoms with E-state index in [-0.39, 0.29) is 28.6 Å². The summed E-state index contributed by atoms with van der Waals surface area (Å²) in [5.74, 6) is 0.0627. The molecule has 4 rings (SSSR count). The summed E-state index contributed by atoms with van der Waals surface area (Å²) in [4.78, 5) is 15.5. The van der Waals surface area contributed by atoms with Crippen molar-refractivity contribution in [2.24, 2.45) is 0 Å². The minimum atomic E-state index is -3.73. The number of nitrogens with one attached hydrogen (secondary N) is 1. The molecule has 1 amide bonds. The van der Waals surface area contributed by atoms with Crippen molar-refractivity contribution in [1.82, 2.24) is 14.5 Å². The highest BCUT2D eigenvalue weighted by Crippen LogP contribution is 2.32. The number of rotatable bonds is 6. The summed E-state index contributed by atoms with van der Waals surface area (Å²) in [7, 11) is -2.27.